The molecule has 1 aromatic carbocycles. The minimum Gasteiger partial charge on any atom is -0.327 e. The van der Waals surface area contributed by atoms with Crippen molar-refractivity contribution < 1.29 is 0 Å². The molecule has 0 fully saturated rings. The molecule has 0 aliphatic heterocycles. The summed E-state index contributed by atoms with van der Waals surface area (Å²) in [4.78, 5) is 0. The normalized spacial score (nSPS) is 17.2. The van der Waals surface area contributed by atoms with E-state index in [1.54, 1.807) is 0 Å². The number of benzene rings is 1. The summed E-state index contributed by atoms with van der Waals surface area (Å²) < 4.78 is 0. The Kier molecular flexibility index (Phi) is 3.67. The van der Waals surface area contributed by atoms with E-state index in [0.29, 0.717) is 0 Å². The fraction of sp³-hybridized carbons (Fsp3) is 0.429. The Balaban J connectivity index is 2.28. The Morgan fingerprint density at radius 1 is 1.31 bits per heavy atom. The second kappa shape index (κ2) is 5.03. The molecule has 0 heterocycles. The first-order chi connectivity index (χ1) is 7.72. The van der Waals surface area contributed by atoms with Crippen LogP contribution in [0.3, 0.4) is 0 Å². The highest BCUT2D eigenvalue weighted by molar-refractivity contribution is 6.49. The van der Waals surface area contributed by atoms with Crippen molar-refractivity contribution in [3.8, 4) is 0 Å². The number of halogens is 1. The van der Waals surface area contributed by atoms with Crippen LogP contribution in [-0.4, -0.2) is 6.04 Å². The van der Waals surface area contributed by atoms with Crippen molar-refractivity contribution in [3.63, 3.8) is 0 Å². The van der Waals surface area contributed by atoms with E-state index in [1.807, 2.05) is 6.07 Å². The summed E-state index contributed by atoms with van der Waals surface area (Å²) in [6, 6.07) is 8.63. The fourth-order valence-electron chi connectivity index (χ4n) is 2.19. The minimum absolute atomic E-state index is 0.244. The predicted octanol–water partition coefficient (Wildman–Crippen LogP) is 3.71. The third-order valence-electron chi connectivity index (χ3n) is 3.29. The van der Waals surface area contributed by atoms with Crippen LogP contribution in [0.4, 0.5) is 0 Å². The lowest BCUT2D eigenvalue weighted by Crippen LogP contribution is -2.20. The number of nitrogens with two attached hydrogens (primary N) is 1. The first-order valence-corrected chi connectivity index (χ1v) is 6.31. The number of hydrogen-bond donors (Lipinski definition) is 1. The summed E-state index contributed by atoms with van der Waals surface area (Å²) in [5.41, 5.74) is 9.89. The zero-order valence-electron chi connectivity index (χ0n) is 9.67. The van der Waals surface area contributed by atoms with Crippen LogP contribution in [0.25, 0.3) is 5.03 Å². The van der Waals surface area contributed by atoms with Gasteiger partial charge in [0, 0.05) is 11.1 Å². The molecule has 16 heavy (non-hydrogen) atoms. The van der Waals surface area contributed by atoms with E-state index in [2.05, 4.69) is 25.1 Å². The smallest absolute Gasteiger partial charge is 0.0473 e. The minimum atomic E-state index is 0.244. The molecule has 1 aromatic rings. The van der Waals surface area contributed by atoms with Crippen molar-refractivity contribution in [1.29, 1.82) is 0 Å². The van der Waals surface area contributed by atoms with E-state index in [9.17, 15) is 0 Å². The van der Waals surface area contributed by atoms with Gasteiger partial charge in [-0.15, -0.1) is 0 Å². The molecule has 1 atom stereocenters. The zero-order valence-corrected chi connectivity index (χ0v) is 10.4. The van der Waals surface area contributed by atoms with E-state index in [-0.39, 0.29) is 6.04 Å². The van der Waals surface area contributed by atoms with E-state index in [1.165, 1.54) is 16.7 Å². The van der Waals surface area contributed by atoms with E-state index >= 15 is 0 Å². The molecule has 86 valence electrons. The predicted molar refractivity (Wildman–Crippen MR) is 70.4 cm³/mol. The lowest BCUT2D eigenvalue weighted by atomic mass is 9.89. The van der Waals surface area contributed by atoms with Gasteiger partial charge in [0.2, 0.25) is 0 Å². The molecular formula is C14H18ClN. The number of aryl methyl sites for hydroxylation is 1. The highest BCUT2D eigenvalue weighted by Crippen LogP contribution is 2.35. The van der Waals surface area contributed by atoms with Crippen LogP contribution in [0.15, 0.2) is 29.8 Å². The van der Waals surface area contributed by atoms with Crippen LogP contribution in [0.2, 0.25) is 0 Å². The molecule has 0 saturated carbocycles. The van der Waals surface area contributed by atoms with Crippen LogP contribution >= 0.6 is 11.6 Å². The van der Waals surface area contributed by atoms with Crippen LogP contribution < -0.4 is 5.73 Å². The second-order valence-electron chi connectivity index (χ2n) is 4.45. The summed E-state index contributed by atoms with van der Waals surface area (Å²) in [5, 5.41) is 0.936. The van der Waals surface area contributed by atoms with Gasteiger partial charge in [0.05, 0.1) is 0 Å². The Morgan fingerprint density at radius 2 is 2.06 bits per heavy atom. The molecular weight excluding hydrogens is 218 g/mol. The average Bonchev–Trinajstić information content (AvgIpc) is 2.33. The fourth-order valence-corrected chi connectivity index (χ4v) is 2.55. The van der Waals surface area contributed by atoms with Crippen molar-refractivity contribution in [1.82, 2.24) is 0 Å². The SMILES string of the molecule is CCC(N)CC1=C(Cl)c2ccccc2CC1. The monoisotopic (exact) mass is 235 g/mol. The molecule has 1 nitrogen and oxygen atoms in total. The van der Waals surface area contributed by atoms with Gasteiger partial charge < -0.3 is 5.73 Å². The molecule has 2 N–H and O–H groups in total. The summed E-state index contributed by atoms with van der Waals surface area (Å²) in [6.45, 7) is 2.12. The second-order valence-corrected chi connectivity index (χ2v) is 4.83. The Morgan fingerprint density at radius 3 is 2.81 bits per heavy atom. The van der Waals surface area contributed by atoms with Gasteiger partial charge in [0.25, 0.3) is 0 Å². The molecule has 0 aromatic heterocycles. The quantitative estimate of drug-likeness (QED) is 0.849. The molecule has 0 spiro atoms. The molecule has 0 saturated heterocycles. The third kappa shape index (κ3) is 2.31. The largest absolute Gasteiger partial charge is 0.327 e. The van der Waals surface area contributed by atoms with Crippen molar-refractivity contribution in [3.05, 3.63) is 41.0 Å². The standard InChI is InChI=1S/C14H18ClN/c1-2-12(16)9-11-8-7-10-5-3-4-6-13(10)14(11)15/h3-6,12H,2,7-9,16H2,1H3. The Bertz CT molecular complexity index is 409. The van der Waals surface area contributed by atoms with E-state index < -0.39 is 0 Å². The van der Waals surface area contributed by atoms with Crippen molar-refractivity contribution in [2.24, 2.45) is 5.73 Å². The molecule has 1 aliphatic rings. The van der Waals surface area contributed by atoms with Crippen LogP contribution in [0.5, 0.6) is 0 Å². The maximum atomic E-state index is 6.44. The molecule has 1 aliphatic carbocycles. The summed E-state index contributed by atoms with van der Waals surface area (Å²) in [6.07, 6.45) is 4.10. The molecule has 0 amide bonds. The number of rotatable bonds is 3. The van der Waals surface area contributed by atoms with Crippen molar-refractivity contribution in [2.75, 3.05) is 0 Å². The molecule has 1 unspecified atom stereocenters. The first-order valence-electron chi connectivity index (χ1n) is 5.93. The van der Waals surface area contributed by atoms with E-state index in [4.69, 9.17) is 17.3 Å². The maximum absolute atomic E-state index is 6.44. The van der Waals surface area contributed by atoms with Gasteiger partial charge in [0.1, 0.15) is 0 Å². The summed E-state index contributed by atoms with van der Waals surface area (Å²) >= 11 is 6.44. The summed E-state index contributed by atoms with van der Waals surface area (Å²) in [5.74, 6) is 0. The van der Waals surface area contributed by atoms with E-state index in [0.717, 1.165) is 30.7 Å². The third-order valence-corrected chi connectivity index (χ3v) is 3.76. The highest BCUT2D eigenvalue weighted by atomic mass is 35.5. The van der Waals surface area contributed by atoms with Gasteiger partial charge in [0.15, 0.2) is 0 Å². The lowest BCUT2D eigenvalue weighted by Gasteiger charge is -2.21. The van der Waals surface area contributed by atoms with Crippen molar-refractivity contribution >= 4 is 16.6 Å². The first kappa shape index (κ1) is 11.7. The van der Waals surface area contributed by atoms with Gasteiger partial charge in [-0.05, 0) is 42.4 Å². The van der Waals surface area contributed by atoms with Gasteiger partial charge >= 0.3 is 0 Å². The molecule has 0 bridgehead atoms. The Labute approximate surface area is 102 Å². The highest BCUT2D eigenvalue weighted by Gasteiger charge is 2.18. The van der Waals surface area contributed by atoms with Gasteiger partial charge in [-0.2, -0.15) is 0 Å². The molecule has 2 rings (SSSR count). The number of hydrogen-bond acceptors (Lipinski definition) is 1. The average molecular weight is 236 g/mol. The maximum Gasteiger partial charge on any atom is 0.0473 e. The molecule has 2 heteroatoms. The molecule has 0 radical (unpaired) electrons. The lowest BCUT2D eigenvalue weighted by molar-refractivity contribution is 0.627. The van der Waals surface area contributed by atoms with Crippen LogP contribution in [0.1, 0.15) is 37.3 Å². The van der Waals surface area contributed by atoms with Crippen LogP contribution in [-0.2, 0) is 6.42 Å². The zero-order chi connectivity index (χ0) is 11.5. The van der Waals surface area contributed by atoms with Gasteiger partial charge in [-0.25, -0.2) is 0 Å². The van der Waals surface area contributed by atoms with Crippen molar-refractivity contribution in [2.45, 2.75) is 38.6 Å². The van der Waals surface area contributed by atoms with Gasteiger partial charge in [-0.1, -0.05) is 42.8 Å². The van der Waals surface area contributed by atoms with Crippen LogP contribution in [0, 0.1) is 0 Å². The summed E-state index contributed by atoms with van der Waals surface area (Å²) in [7, 11) is 0. The number of fused-ring (bicyclic) bond motifs is 1. The van der Waals surface area contributed by atoms with Gasteiger partial charge in [-0.3, -0.25) is 0 Å². The topological polar surface area (TPSA) is 26.0 Å². The Hall–Kier alpha value is -0.790.